The number of amides is 1. The number of carbonyl (C=O) groups excluding carboxylic acids is 1. The number of aromatic nitrogens is 3. The number of nitrogens with two attached hydrogens (primary N) is 1. The number of nitrogens with zero attached hydrogens (tertiary/aromatic N) is 4. The smallest absolute Gasteiger partial charge is 0.224 e. The van der Waals surface area contributed by atoms with Crippen LogP contribution < -0.4 is 5.73 Å². The Morgan fingerprint density at radius 3 is 2.58 bits per heavy atom. The maximum absolute atomic E-state index is 13.6. The predicted octanol–water partition coefficient (Wildman–Crippen LogP) is 1.84. The lowest BCUT2D eigenvalue weighted by Crippen LogP contribution is -2.41. The molecule has 1 aromatic carbocycles. The van der Waals surface area contributed by atoms with Crippen molar-refractivity contribution in [3.8, 4) is 0 Å². The largest absolute Gasteiger partial charge is 0.333 e. The van der Waals surface area contributed by atoms with Crippen LogP contribution in [-0.4, -0.2) is 38.2 Å². The van der Waals surface area contributed by atoms with Crippen LogP contribution >= 0.6 is 24.8 Å². The van der Waals surface area contributed by atoms with Crippen molar-refractivity contribution in [1.82, 2.24) is 19.7 Å². The second kappa shape index (κ2) is 9.20. The molecule has 0 aliphatic carbocycles. The van der Waals surface area contributed by atoms with Crippen LogP contribution in [0.15, 0.2) is 18.5 Å². The maximum Gasteiger partial charge on any atom is 0.224 e. The van der Waals surface area contributed by atoms with E-state index in [9.17, 15) is 18.0 Å². The van der Waals surface area contributed by atoms with Gasteiger partial charge in [0.2, 0.25) is 5.91 Å². The van der Waals surface area contributed by atoms with Crippen molar-refractivity contribution in [2.45, 2.75) is 32.0 Å². The average Bonchev–Trinajstić information content (AvgIpc) is 3.00. The molecule has 1 amide bonds. The standard InChI is InChI=1S/C15H16F3N5O.2ClH/c16-11-6-13(18)12(17)4-9(11)3-10(19)5-15(24)22-1-2-23-8-20-21-14(23)7-22;;/h4,6,8,10H,1-3,5,7,19H2;2*1H/t10-;;/m1../s1. The Morgan fingerprint density at radius 1 is 1.15 bits per heavy atom. The molecule has 2 aromatic rings. The molecule has 1 aromatic heterocycles. The lowest BCUT2D eigenvalue weighted by molar-refractivity contribution is -0.133. The molecule has 144 valence electrons. The fourth-order valence-corrected chi connectivity index (χ4v) is 2.71. The van der Waals surface area contributed by atoms with E-state index in [4.69, 9.17) is 5.73 Å². The highest BCUT2D eigenvalue weighted by atomic mass is 35.5. The molecule has 0 unspecified atom stereocenters. The van der Waals surface area contributed by atoms with Crippen molar-refractivity contribution >= 4 is 30.7 Å². The van der Waals surface area contributed by atoms with Crippen LogP contribution in [0.3, 0.4) is 0 Å². The number of halogens is 5. The van der Waals surface area contributed by atoms with Crippen molar-refractivity contribution in [1.29, 1.82) is 0 Å². The van der Waals surface area contributed by atoms with Gasteiger partial charge in [0.15, 0.2) is 17.5 Å². The van der Waals surface area contributed by atoms with Crippen LogP contribution in [0, 0.1) is 17.5 Å². The summed E-state index contributed by atoms with van der Waals surface area (Å²) in [6, 6.07) is 0.561. The molecular formula is C15H18Cl2F3N5O. The number of benzene rings is 1. The number of carbonyl (C=O) groups is 1. The summed E-state index contributed by atoms with van der Waals surface area (Å²) < 4.78 is 41.6. The molecule has 26 heavy (non-hydrogen) atoms. The van der Waals surface area contributed by atoms with Crippen LogP contribution in [0.25, 0.3) is 0 Å². The first-order valence-corrected chi connectivity index (χ1v) is 7.47. The third-order valence-corrected chi connectivity index (χ3v) is 4.00. The topological polar surface area (TPSA) is 77.0 Å². The molecule has 1 aliphatic rings. The first-order chi connectivity index (χ1) is 11.4. The van der Waals surface area contributed by atoms with E-state index in [1.165, 1.54) is 0 Å². The third kappa shape index (κ3) is 4.87. The zero-order valence-electron chi connectivity index (χ0n) is 13.6. The lowest BCUT2D eigenvalue weighted by Gasteiger charge is -2.28. The maximum atomic E-state index is 13.6. The minimum atomic E-state index is -1.25. The van der Waals surface area contributed by atoms with Gasteiger partial charge in [-0.2, -0.15) is 0 Å². The van der Waals surface area contributed by atoms with Crippen molar-refractivity contribution in [3.05, 3.63) is 47.3 Å². The number of rotatable bonds is 4. The molecule has 0 radical (unpaired) electrons. The number of hydrogen-bond acceptors (Lipinski definition) is 4. The molecule has 2 heterocycles. The normalized spacial score (nSPS) is 14.1. The van der Waals surface area contributed by atoms with Gasteiger partial charge in [-0.1, -0.05) is 0 Å². The fourth-order valence-electron chi connectivity index (χ4n) is 2.71. The molecule has 0 fully saturated rings. The van der Waals surface area contributed by atoms with Crippen molar-refractivity contribution < 1.29 is 18.0 Å². The summed E-state index contributed by atoms with van der Waals surface area (Å²) in [5, 5.41) is 7.71. The molecule has 0 saturated carbocycles. The van der Waals surface area contributed by atoms with Gasteiger partial charge in [-0.25, -0.2) is 13.2 Å². The average molecular weight is 412 g/mol. The molecule has 11 heteroatoms. The molecule has 0 spiro atoms. The molecule has 2 N–H and O–H groups in total. The van der Waals surface area contributed by atoms with E-state index in [0.29, 0.717) is 31.5 Å². The van der Waals surface area contributed by atoms with E-state index in [1.807, 2.05) is 4.57 Å². The van der Waals surface area contributed by atoms with Gasteiger partial charge < -0.3 is 15.2 Å². The SMILES string of the molecule is Cl.Cl.N[C@@H](CC(=O)N1CCn2cnnc2C1)Cc1cc(F)c(F)cc1F. The fraction of sp³-hybridized carbons (Fsp3) is 0.400. The molecular weight excluding hydrogens is 394 g/mol. The Bertz CT molecular complexity index is 774. The quantitative estimate of drug-likeness (QED) is 0.778. The highest BCUT2D eigenvalue weighted by Crippen LogP contribution is 2.17. The summed E-state index contributed by atoms with van der Waals surface area (Å²) in [6.45, 7) is 1.45. The van der Waals surface area contributed by atoms with Crippen LogP contribution in [0.1, 0.15) is 17.8 Å². The molecule has 3 rings (SSSR count). The van der Waals surface area contributed by atoms with E-state index < -0.39 is 23.5 Å². The van der Waals surface area contributed by atoms with Crippen molar-refractivity contribution in [3.63, 3.8) is 0 Å². The summed E-state index contributed by atoms with van der Waals surface area (Å²) in [5.41, 5.74) is 5.83. The lowest BCUT2D eigenvalue weighted by atomic mass is 10.0. The first kappa shape index (κ1) is 22.2. The van der Waals surface area contributed by atoms with Gasteiger partial charge in [0, 0.05) is 31.6 Å². The summed E-state index contributed by atoms with van der Waals surface area (Å²) in [6.07, 6.45) is 1.53. The molecule has 1 aliphatic heterocycles. The van der Waals surface area contributed by atoms with Gasteiger partial charge in [0.25, 0.3) is 0 Å². The van der Waals surface area contributed by atoms with Gasteiger partial charge >= 0.3 is 0 Å². The highest BCUT2D eigenvalue weighted by molar-refractivity contribution is 5.85. The summed E-state index contributed by atoms with van der Waals surface area (Å²) in [7, 11) is 0. The molecule has 1 atom stereocenters. The van der Waals surface area contributed by atoms with E-state index in [1.54, 1.807) is 11.2 Å². The van der Waals surface area contributed by atoms with Crippen LogP contribution in [0.5, 0.6) is 0 Å². The predicted molar refractivity (Wildman–Crippen MR) is 92.5 cm³/mol. The van der Waals surface area contributed by atoms with Gasteiger partial charge in [0.1, 0.15) is 12.1 Å². The molecule has 0 bridgehead atoms. The number of fused-ring (bicyclic) bond motifs is 1. The number of hydrogen-bond donors (Lipinski definition) is 1. The van der Waals surface area contributed by atoms with E-state index in [2.05, 4.69) is 10.2 Å². The zero-order chi connectivity index (χ0) is 17.3. The van der Waals surface area contributed by atoms with Gasteiger partial charge in [-0.15, -0.1) is 35.0 Å². The van der Waals surface area contributed by atoms with E-state index >= 15 is 0 Å². The zero-order valence-corrected chi connectivity index (χ0v) is 15.2. The first-order valence-electron chi connectivity index (χ1n) is 7.47. The Kier molecular flexibility index (Phi) is 7.86. The summed E-state index contributed by atoms with van der Waals surface area (Å²) in [5.74, 6) is -2.77. The Balaban J connectivity index is 0.00000169. The molecule has 0 saturated heterocycles. The van der Waals surface area contributed by atoms with E-state index in [-0.39, 0.29) is 49.1 Å². The van der Waals surface area contributed by atoms with E-state index in [0.717, 1.165) is 6.07 Å². The summed E-state index contributed by atoms with van der Waals surface area (Å²) >= 11 is 0. The Morgan fingerprint density at radius 2 is 1.85 bits per heavy atom. The Hall–Kier alpha value is -1.84. The van der Waals surface area contributed by atoms with Crippen molar-refractivity contribution in [2.24, 2.45) is 5.73 Å². The Labute approximate surface area is 160 Å². The minimum absolute atomic E-state index is 0. The highest BCUT2D eigenvalue weighted by Gasteiger charge is 2.24. The van der Waals surface area contributed by atoms with Crippen LogP contribution in [0.4, 0.5) is 13.2 Å². The van der Waals surface area contributed by atoms with Crippen molar-refractivity contribution in [2.75, 3.05) is 6.54 Å². The minimum Gasteiger partial charge on any atom is -0.333 e. The van der Waals surface area contributed by atoms with Gasteiger partial charge in [-0.3, -0.25) is 4.79 Å². The summed E-state index contributed by atoms with van der Waals surface area (Å²) in [4.78, 5) is 13.9. The van der Waals surface area contributed by atoms with Gasteiger partial charge in [-0.05, 0) is 18.1 Å². The monoisotopic (exact) mass is 411 g/mol. The second-order valence-electron chi connectivity index (χ2n) is 5.78. The second-order valence-corrected chi connectivity index (χ2v) is 5.78. The van der Waals surface area contributed by atoms with Gasteiger partial charge in [0.05, 0.1) is 6.54 Å². The van der Waals surface area contributed by atoms with Crippen LogP contribution in [0.2, 0.25) is 0 Å². The molecule has 6 nitrogen and oxygen atoms in total. The third-order valence-electron chi connectivity index (χ3n) is 4.00. The van der Waals surface area contributed by atoms with Crippen LogP contribution in [-0.2, 0) is 24.3 Å².